The minimum atomic E-state index is -2.15. The van der Waals surface area contributed by atoms with Crippen LogP contribution in [0.3, 0.4) is 0 Å². The molecule has 3 atom stereocenters. The molecule has 162 valence electrons. The summed E-state index contributed by atoms with van der Waals surface area (Å²) in [6.07, 6.45) is 0.448. The topological polar surface area (TPSA) is 90.8 Å². The highest BCUT2D eigenvalue weighted by Crippen LogP contribution is 2.54. The molecule has 1 aliphatic carbocycles. The number of nitro benzene ring substituents is 1. The standard InChI is InChI=1S/C22H30FN3O3Si/c1-13(2)30(14(3)4,15(5)6)10-9-22(18-12-20(18)29-21(24)25-22)17-11-16(26(27)28)7-8-19(17)23/h7-8,11,13-15,18,20H,12H2,1-6H3,(H2,24,25)/t18-,20+,22+/m0/s1. The van der Waals surface area contributed by atoms with Crippen LogP contribution in [0.5, 0.6) is 0 Å². The van der Waals surface area contributed by atoms with Crippen molar-refractivity contribution in [2.45, 2.75) is 76.2 Å². The van der Waals surface area contributed by atoms with Gasteiger partial charge in [-0.05, 0) is 29.1 Å². The van der Waals surface area contributed by atoms with Gasteiger partial charge in [0.2, 0.25) is 0 Å². The van der Waals surface area contributed by atoms with Crippen molar-refractivity contribution in [3.63, 3.8) is 0 Å². The molecule has 0 unspecified atom stereocenters. The Balaban J connectivity index is 2.28. The number of aliphatic imine (C=N–C) groups is 1. The molecule has 0 spiro atoms. The lowest BCUT2D eigenvalue weighted by atomic mass is 9.85. The summed E-state index contributed by atoms with van der Waals surface area (Å²) in [5.41, 5.74) is 9.38. The second-order valence-corrected chi connectivity index (χ2v) is 14.9. The van der Waals surface area contributed by atoms with Crippen molar-refractivity contribution < 1.29 is 14.1 Å². The number of nitrogens with two attached hydrogens (primary N) is 1. The van der Waals surface area contributed by atoms with Gasteiger partial charge in [0.15, 0.2) is 5.54 Å². The Kier molecular flexibility index (Phi) is 5.71. The third kappa shape index (κ3) is 3.49. The first-order chi connectivity index (χ1) is 14.0. The first-order valence-corrected chi connectivity index (χ1v) is 12.7. The van der Waals surface area contributed by atoms with Crippen molar-refractivity contribution in [2.24, 2.45) is 16.6 Å². The van der Waals surface area contributed by atoms with Gasteiger partial charge in [-0.15, -0.1) is 5.54 Å². The molecule has 1 saturated carbocycles. The van der Waals surface area contributed by atoms with Crippen LogP contribution in [0, 0.1) is 33.3 Å². The number of non-ortho nitro benzene ring substituents is 1. The fourth-order valence-electron chi connectivity index (χ4n) is 5.18. The molecule has 1 aromatic rings. The summed E-state index contributed by atoms with van der Waals surface area (Å²) in [5, 5.41) is 11.4. The van der Waals surface area contributed by atoms with Crippen LogP contribution in [0.15, 0.2) is 23.2 Å². The number of nitrogens with zero attached hydrogens (tertiary/aromatic N) is 2. The average Bonchev–Trinajstić information content (AvgIpc) is 3.41. The molecule has 0 amide bonds. The third-order valence-corrected chi connectivity index (χ3v) is 13.0. The maximum atomic E-state index is 15.0. The van der Waals surface area contributed by atoms with Crippen molar-refractivity contribution in [1.29, 1.82) is 0 Å². The number of hydrogen-bond acceptors (Lipinski definition) is 5. The highest BCUT2D eigenvalue weighted by Gasteiger charge is 2.60. The second kappa shape index (κ2) is 7.69. The van der Waals surface area contributed by atoms with E-state index in [0.717, 1.165) is 12.1 Å². The monoisotopic (exact) mass is 431 g/mol. The predicted octanol–water partition coefficient (Wildman–Crippen LogP) is 4.88. The lowest BCUT2D eigenvalue weighted by molar-refractivity contribution is -0.385. The molecule has 2 aliphatic rings. The Hall–Kier alpha value is -2.40. The lowest BCUT2D eigenvalue weighted by Crippen LogP contribution is -2.44. The summed E-state index contributed by atoms with van der Waals surface area (Å²) in [5.74, 6) is 2.63. The number of benzene rings is 1. The smallest absolute Gasteiger partial charge is 0.284 e. The van der Waals surface area contributed by atoms with Gasteiger partial charge in [-0.3, -0.25) is 10.1 Å². The number of hydrogen-bond donors (Lipinski definition) is 1. The van der Waals surface area contributed by atoms with E-state index < -0.39 is 24.4 Å². The van der Waals surface area contributed by atoms with Crippen LogP contribution in [0.2, 0.25) is 16.6 Å². The maximum Gasteiger partial charge on any atom is 0.284 e. The molecular formula is C22H30FN3O3Si. The minimum Gasteiger partial charge on any atom is -0.462 e. The van der Waals surface area contributed by atoms with Crippen molar-refractivity contribution in [3.05, 3.63) is 39.7 Å². The van der Waals surface area contributed by atoms with E-state index >= 15 is 4.39 Å². The van der Waals surface area contributed by atoms with Gasteiger partial charge in [-0.2, -0.15) is 0 Å². The maximum absolute atomic E-state index is 15.0. The van der Waals surface area contributed by atoms with Crippen molar-refractivity contribution >= 4 is 19.8 Å². The van der Waals surface area contributed by atoms with Crippen molar-refractivity contribution in [2.75, 3.05) is 0 Å². The summed E-state index contributed by atoms with van der Waals surface area (Å²) in [6, 6.07) is 3.49. The second-order valence-electron chi connectivity index (χ2n) is 9.28. The van der Waals surface area contributed by atoms with E-state index in [2.05, 4.69) is 58.0 Å². The van der Waals surface area contributed by atoms with E-state index in [1.807, 2.05) is 0 Å². The third-order valence-electron chi connectivity index (χ3n) is 6.73. The average molecular weight is 432 g/mol. The van der Waals surface area contributed by atoms with Crippen LogP contribution in [-0.2, 0) is 10.3 Å². The Morgan fingerprint density at radius 2 is 1.87 bits per heavy atom. The normalized spacial score (nSPS) is 25.3. The molecule has 6 nitrogen and oxygen atoms in total. The van der Waals surface area contributed by atoms with Crippen LogP contribution < -0.4 is 5.73 Å². The van der Waals surface area contributed by atoms with E-state index in [1.165, 1.54) is 6.07 Å². The highest BCUT2D eigenvalue weighted by atomic mass is 28.3. The Morgan fingerprint density at radius 3 is 2.40 bits per heavy atom. The number of fused-ring (bicyclic) bond motifs is 1. The van der Waals surface area contributed by atoms with Gasteiger partial charge in [-0.25, -0.2) is 9.38 Å². The van der Waals surface area contributed by atoms with E-state index in [9.17, 15) is 10.1 Å². The first-order valence-electron chi connectivity index (χ1n) is 10.5. The van der Waals surface area contributed by atoms with Crippen LogP contribution in [-0.4, -0.2) is 25.1 Å². The molecule has 1 heterocycles. The van der Waals surface area contributed by atoms with E-state index in [-0.39, 0.29) is 29.3 Å². The van der Waals surface area contributed by atoms with Gasteiger partial charge >= 0.3 is 0 Å². The van der Waals surface area contributed by atoms with Crippen LogP contribution >= 0.6 is 0 Å². The molecule has 0 aromatic heterocycles. The van der Waals surface area contributed by atoms with Crippen LogP contribution in [0.25, 0.3) is 0 Å². The van der Waals surface area contributed by atoms with Gasteiger partial charge < -0.3 is 10.5 Å². The highest BCUT2D eigenvalue weighted by molar-refractivity contribution is 6.90. The molecule has 2 N–H and O–H groups in total. The largest absolute Gasteiger partial charge is 0.462 e. The molecule has 0 saturated heterocycles. The number of nitro groups is 1. The number of halogens is 1. The van der Waals surface area contributed by atoms with Crippen molar-refractivity contribution in [3.8, 4) is 11.5 Å². The van der Waals surface area contributed by atoms with Gasteiger partial charge in [-0.1, -0.05) is 47.5 Å². The van der Waals surface area contributed by atoms with Crippen LogP contribution in [0.1, 0.15) is 53.5 Å². The molecule has 8 heteroatoms. The van der Waals surface area contributed by atoms with E-state index in [1.54, 1.807) is 0 Å². The first kappa shape index (κ1) is 22.3. The molecule has 0 bridgehead atoms. The van der Waals surface area contributed by atoms with Gasteiger partial charge in [0, 0.05) is 23.6 Å². The van der Waals surface area contributed by atoms with Crippen molar-refractivity contribution in [1.82, 2.24) is 0 Å². The van der Waals surface area contributed by atoms with E-state index in [0.29, 0.717) is 23.0 Å². The Labute approximate surface area is 178 Å². The Morgan fingerprint density at radius 1 is 1.27 bits per heavy atom. The summed E-state index contributed by atoms with van der Waals surface area (Å²) in [6.45, 7) is 13.2. The molecule has 30 heavy (non-hydrogen) atoms. The zero-order chi connectivity index (χ0) is 22.4. The van der Waals surface area contributed by atoms with E-state index in [4.69, 9.17) is 10.5 Å². The summed E-state index contributed by atoms with van der Waals surface area (Å²) < 4.78 is 20.6. The summed E-state index contributed by atoms with van der Waals surface area (Å²) >= 11 is 0. The molecule has 0 radical (unpaired) electrons. The molecule has 1 aliphatic heterocycles. The number of rotatable bonds is 5. The molecular weight excluding hydrogens is 401 g/mol. The predicted molar refractivity (Wildman–Crippen MR) is 118 cm³/mol. The summed E-state index contributed by atoms with van der Waals surface area (Å²) in [4.78, 5) is 15.3. The zero-order valence-corrected chi connectivity index (χ0v) is 19.4. The fraction of sp³-hybridized carbons (Fsp3) is 0.591. The minimum absolute atomic E-state index is 0.0418. The zero-order valence-electron chi connectivity index (χ0n) is 18.4. The van der Waals surface area contributed by atoms with Gasteiger partial charge in [0.05, 0.1) is 4.92 Å². The lowest BCUT2D eigenvalue weighted by Gasteiger charge is -2.39. The SMILES string of the molecule is CC(C)[Si](C#C[C@]1(c2cc([N+](=O)[O-])ccc2F)N=C(N)O[C@@H]2C[C@@H]21)(C(C)C)C(C)C. The van der Waals surface area contributed by atoms with Gasteiger partial charge in [0.25, 0.3) is 11.7 Å². The molecule has 1 fully saturated rings. The number of amidine groups is 1. The Bertz CT molecular complexity index is 929. The van der Waals surface area contributed by atoms with Crippen LogP contribution in [0.4, 0.5) is 10.1 Å². The summed E-state index contributed by atoms with van der Waals surface area (Å²) in [7, 11) is -2.15. The molecule has 3 rings (SSSR count). The quantitative estimate of drug-likeness (QED) is 0.311. The fourth-order valence-corrected chi connectivity index (χ4v) is 10.5. The molecule has 1 aromatic carbocycles. The van der Waals surface area contributed by atoms with Gasteiger partial charge in [0.1, 0.15) is 20.0 Å². The number of ether oxygens (including phenoxy) is 1.